The van der Waals surface area contributed by atoms with Crippen LogP contribution >= 0.6 is 0 Å². The first kappa shape index (κ1) is 24.8. The lowest BCUT2D eigenvalue weighted by atomic mass is 10.0. The summed E-state index contributed by atoms with van der Waals surface area (Å²) in [7, 11) is 0. The Labute approximate surface area is 207 Å². The van der Waals surface area contributed by atoms with E-state index in [1.54, 1.807) is 22.9 Å². The number of pyridine rings is 2. The molecule has 9 nitrogen and oxygen atoms in total. The summed E-state index contributed by atoms with van der Waals surface area (Å²) in [6.45, 7) is 6.88. The van der Waals surface area contributed by atoms with Crippen LogP contribution in [0.15, 0.2) is 69.1 Å². The van der Waals surface area contributed by atoms with E-state index in [-0.39, 0.29) is 34.6 Å². The van der Waals surface area contributed by atoms with Crippen molar-refractivity contribution in [2.45, 2.75) is 52.7 Å². The monoisotopic (exact) mass is 487 g/mol. The average molecular weight is 488 g/mol. The molecule has 0 aliphatic carbocycles. The van der Waals surface area contributed by atoms with E-state index in [2.05, 4.69) is 15.3 Å². The second kappa shape index (κ2) is 10.6. The molecule has 0 bridgehead atoms. The van der Waals surface area contributed by atoms with Crippen molar-refractivity contribution in [3.8, 4) is 0 Å². The number of benzene rings is 1. The Morgan fingerprint density at radius 2 is 1.78 bits per heavy atom. The van der Waals surface area contributed by atoms with E-state index in [1.807, 2.05) is 51.1 Å². The number of aromatic amines is 1. The number of aromatic nitrogens is 4. The molecule has 0 saturated heterocycles. The maximum absolute atomic E-state index is 13.2. The third-order valence-corrected chi connectivity index (χ3v) is 5.98. The summed E-state index contributed by atoms with van der Waals surface area (Å²) in [5.41, 5.74) is 1.63. The minimum atomic E-state index is -0.629. The van der Waals surface area contributed by atoms with Gasteiger partial charge in [0, 0.05) is 31.0 Å². The van der Waals surface area contributed by atoms with Crippen LogP contribution in [-0.4, -0.2) is 25.0 Å². The second-order valence-corrected chi connectivity index (χ2v) is 9.02. The first-order valence-corrected chi connectivity index (χ1v) is 12.0. The number of carbonyl (C=O) groups is 1. The summed E-state index contributed by atoms with van der Waals surface area (Å²) in [5, 5.41) is 2.99. The van der Waals surface area contributed by atoms with Gasteiger partial charge in [-0.2, -0.15) is 0 Å². The van der Waals surface area contributed by atoms with E-state index in [4.69, 9.17) is 0 Å². The minimum Gasteiger partial charge on any atom is -0.348 e. The number of amides is 1. The Hall–Kier alpha value is -4.27. The highest BCUT2D eigenvalue weighted by molar-refractivity contribution is 6.05. The second-order valence-electron chi connectivity index (χ2n) is 9.02. The smallest absolute Gasteiger partial charge is 0.329 e. The first-order chi connectivity index (χ1) is 17.3. The fourth-order valence-electron chi connectivity index (χ4n) is 4.03. The molecule has 4 aromatic rings. The fourth-order valence-corrected chi connectivity index (χ4v) is 4.03. The van der Waals surface area contributed by atoms with Gasteiger partial charge in [-0.1, -0.05) is 51.1 Å². The van der Waals surface area contributed by atoms with Gasteiger partial charge in [-0.05, 0) is 35.6 Å². The molecule has 4 rings (SSSR count). The van der Waals surface area contributed by atoms with Crippen molar-refractivity contribution in [1.29, 1.82) is 0 Å². The molecule has 0 spiro atoms. The number of carbonyl (C=O) groups excluding carboxylic acids is 1. The lowest BCUT2D eigenvalue weighted by Gasteiger charge is -2.14. The summed E-state index contributed by atoms with van der Waals surface area (Å²) in [6, 6.07) is 14.3. The zero-order valence-corrected chi connectivity index (χ0v) is 20.6. The predicted molar refractivity (Wildman–Crippen MR) is 138 cm³/mol. The molecule has 0 radical (unpaired) electrons. The van der Waals surface area contributed by atoms with Gasteiger partial charge < -0.3 is 9.88 Å². The maximum Gasteiger partial charge on any atom is 0.329 e. The predicted octanol–water partition coefficient (Wildman–Crippen LogP) is 2.76. The van der Waals surface area contributed by atoms with Crippen LogP contribution in [0.5, 0.6) is 0 Å². The van der Waals surface area contributed by atoms with Crippen molar-refractivity contribution in [2.24, 2.45) is 0 Å². The molecule has 9 heteroatoms. The summed E-state index contributed by atoms with van der Waals surface area (Å²) in [5.74, 6) is -0.425. The standard InChI is InChI=1S/C27H29N5O4/c1-4-12-32-24-23(26(35)30-27(32)36)20(14-21(29-24)17(2)3)25(34)28-15-18-8-10-19(11-9-18)16-31-13-6-5-7-22(31)33/h5-11,13-14,17H,4,12,15-16H2,1-3H3,(H,28,34)(H,30,35,36). The molecule has 1 amide bonds. The molecule has 0 aliphatic heterocycles. The Kier molecular flexibility index (Phi) is 7.28. The number of aryl methyl sites for hydroxylation is 1. The Morgan fingerprint density at radius 3 is 2.44 bits per heavy atom. The zero-order chi connectivity index (χ0) is 25.8. The van der Waals surface area contributed by atoms with Crippen molar-refractivity contribution in [2.75, 3.05) is 0 Å². The number of fused-ring (bicyclic) bond motifs is 1. The lowest BCUT2D eigenvalue weighted by molar-refractivity contribution is 0.0952. The van der Waals surface area contributed by atoms with Crippen molar-refractivity contribution < 1.29 is 4.79 Å². The summed E-state index contributed by atoms with van der Waals surface area (Å²) >= 11 is 0. The summed E-state index contributed by atoms with van der Waals surface area (Å²) < 4.78 is 3.03. The van der Waals surface area contributed by atoms with E-state index in [9.17, 15) is 19.2 Å². The van der Waals surface area contributed by atoms with Crippen molar-refractivity contribution in [3.05, 3.63) is 108 Å². The third kappa shape index (κ3) is 5.19. The highest BCUT2D eigenvalue weighted by atomic mass is 16.2. The molecule has 2 N–H and O–H groups in total. The molecular formula is C27H29N5O4. The van der Waals surface area contributed by atoms with Crippen LogP contribution < -0.4 is 22.1 Å². The largest absolute Gasteiger partial charge is 0.348 e. The molecule has 36 heavy (non-hydrogen) atoms. The molecule has 3 aromatic heterocycles. The zero-order valence-electron chi connectivity index (χ0n) is 20.6. The van der Waals surface area contributed by atoms with Gasteiger partial charge in [-0.25, -0.2) is 9.78 Å². The molecule has 0 saturated carbocycles. The van der Waals surface area contributed by atoms with Gasteiger partial charge in [0.2, 0.25) is 0 Å². The molecule has 3 heterocycles. The van der Waals surface area contributed by atoms with Crippen LogP contribution in [0.4, 0.5) is 0 Å². The average Bonchev–Trinajstić information content (AvgIpc) is 2.86. The van der Waals surface area contributed by atoms with Gasteiger partial charge in [0.1, 0.15) is 0 Å². The highest BCUT2D eigenvalue weighted by Crippen LogP contribution is 2.20. The lowest BCUT2D eigenvalue weighted by Crippen LogP contribution is -2.33. The van der Waals surface area contributed by atoms with Crippen molar-refractivity contribution in [3.63, 3.8) is 0 Å². The highest BCUT2D eigenvalue weighted by Gasteiger charge is 2.20. The summed E-state index contributed by atoms with van der Waals surface area (Å²) in [4.78, 5) is 57.2. The molecule has 1 aromatic carbocycles. The van der Waals surface area contributed by atoms with Crippen LogP contribution in [0, 0.1) is 0 Å². The summed E-state index contributed by atoms with van der Waals surface area (Å²) in [6.07, 6.45) is 2.41. The Morgan fingerprint density at radius 1 is 1.06 bits per heavy atom. The van der Waals surface area contributed by atoms with Crippen molar-refractivity contribution in [1.82, 2.24) is 24.4 Å². The Bertz CT molecular complexity index is 1580. The van der Waals surface area contributed by atoms with Crippen LogP contribution in [0.1, 0.15) is 60.3 Å². The van der Waals surface area contributed by atoms with Crippen LogP contribution in [0.25, 0.3) is 11.0 Å². The molecule has 0 aliphatic rings. The first-order valence-electron chi connectivity index (χ1n) is 12.0. The SMILES string of the molecule is CCCn1c(=O)[nH]c(=O)c2c(C(=O)NCc3ccc(Cn4ccccc4=O)cc3)cc(C(C)C)nc21. The number of nitrogens with zero attached hydrogens (tertiary/aromatic N) is 3. The van der Waals surface area contributed by atoms with Gasteiger partial charge in [-0.3, -0.25) is 23.9 Å². The third-order valence-electron chi connectivity index (χ3n) is 5.98. The van der Waals surface area contributed by atoms with E-state index < -0.39 is 17.2 Å². The van der Waals surface area contributed by atoms with Crippen LogP contribution in [0.2, 0.25) is 0 Å². The van der Waals surface area contributed by atoms with E-state index in [0.717, 1.165) is 11.1 Å². The van der Waals surface area contributed by atoms with Crippen molar-refractivity contribution >= 4 is 16.9 Å². The van der Waals surface area contributed by atoms with Gasteiger partial charge in [0.15, 0.2) is 5.65 Å². The number of hydrogen-bond acceptors (Lipinski definition) is 5. The normalized spacial score (nSPS) is 11.2. The number of H-pyrrole nitrogens is 1. The van der Waals surface area contributed by atoms with Gasteiger partial charge >= 0.3 is 5.69 Å². The Balaban J connectivity index is 1.60. The van der Waals surface area contributed by atoms with E-state index >= 15 is 0 Å². The fraction of sp³-hybridized carbons (Fsp3) is 0.296. The minimum absolute atomic E-state index is 0.00455. The number of hydrogen-bond donors (Lipinski definition) is 2. The molecular weight excluding hydrogens is 458 g/mol. The topological polar surface area (TPSA) is 119 Å². The van der Waals surface area contributed by atoms with Gasteiger partial charge in [0.25, 0.3) is 17.0 Å². The molecule has 0 fully saturated rings. The van der Waals surface area contributed by atoms with Crippen LogP contribution in [0.3, 0.4) is 0 Å². The van der Waals surface area contributed by atoms with E-state index in [1.165, 1.54) is 10.6 Å². The number of rotatable bonds is 8. The van der Waals surface area contributed by atoms with Gasteiger partial charge in [-0.15, -0.1) is 0 Å². The number of nitrogens with one attached hydrogen (secondary N) is 2. The quantitative estimate of drug-likeness (QED) is 0.396. The van der Waals surface area contributed by atoms with Crippen LogP contribution in [-0.2, 0) is 19.6 Å². The maximum atomic E-state index is 13.2. The molecule has 0 unspecified atom stereocenters. The molecule has 0 atom stereocenters. The van der Waals surface area contributed by atoms with E-state index in [0.29, 0.717) is 25.2 Å². The molecule has 186 valence electrons. The van der Waals surface area contributed by atoms with Gasteiger partial charge in [0.05, 0.1) is 17.5 Å².